The van der Waals surface area contributed by atoms with Crippen LogP contribution in [0.15, 0.2) is 29.3 Å². The molecule has 2 aromatic rings. The summed E-state index contributed by atoms with van der Waals surface area (Å²) >= 11 is 1.66. The quantitative estimate of drug-likeness (QED) is 0.780. The summed E-state index contributed by atoms with van der Waals surface area (Å²) in [6.45, 7) is 4.83. The predicted molar refractivity (Wildman–Crippen MR) is 97.8 cm³/mol. The number of hydrogen-bond donors (Lipinski definition) is 3. The molecule has 0 spiro atoms. The van der Waals surface area contributed by atoms with Gasteiger partial charge in [0.15, 0.2) is 5.84 Å². The summed E-state index contributed by atoms with van der Waals surface area (Å²) in [6.07, 6.45) is 0.752. The van der Waals surface area contributed by atoms with Crippen molar-refractivity contribution in [2.75, 3.05) is 31.6 Å². The molecule has 0 aliphatic carbocycles. The van der Waals surface area contributed by atoms with Gasteiger partial charge in [-0.25, -0.2) is 9.98 Å². The number of anilines is 2. The van der Waals surface area contributed by atoms with Gasteiger partial charge in [0.1, 0.15) is 10.7 Å². The molecule has 7 heteroatoms. The topological polar surface area (TPSA) is 72.8 Å². The molecule has 1 aromatic carbocycles. The first-order chi connectivity index (χ1) is 11.7. The van der Waals surface area contributed by atoms with Gasteiger partial charge in [-0.05, 0) is 25.5 Å². The van der Waals surface area contributed by atoms with E-state index in [0.29, 0.717) is 0 Å². The number of amidine groups is 1. The lowest BCUT2D eigenvalue weighted by Crippen LogP contribution is -2.53. The minimum Gasteiger partial charge on any atom is -0.396 e. The van der Waals surface area contributed by atoms with Crippen molar-refractivity contribution >= 4 is 33.5 Å². The van der Waals surface area contributed by atoms with Crippen LogP contribution in [0.5, 0.6) is 0 Å². The first kappa shape index (κ1) is 15.6. The van der Waals surface area contributed by atoms with Crippen molar-refractivity contribution in [3.63, 3.8) is 0 Å². The maximum Gasteiger partial charge on any atom is 0.158 e. The second-order valence-corrected chi connectivity index (χ2v) is 7.30. The standard InChI is InChI=1S/C17H21N5OS/c1-11-19-15-16(22-8-7-18-12(10-22)6-9-23)20-13-4-2-3-5-14(13)21-17(15)24-11/h2-5,12,18,21,23H,6-10H2,1H3. The van der Waals surface area contributed by atoms with Crippen molar-refractivity contribution in [2.45, 2.75) is 19.4 Å². The highest BCUT2D eigenvalue weighted by atomic mass is 32.1. The van der Waals surface area contributed by atoms with Crippen molar-refractivity contribution in [1.29, 1.82) is 0 Å². The largest absolute Gasteiger partial charge is 0.396 e. The summed E-state index contributed by atoms with van der Waals surface area (Å²) in [5, 5.41) is 18.3. The molecule has 0 saturated carbocycles. The summed E-state index contributed by atoms with van der Waals surface area (Å²) in [7, 11) is 0. The Morgan fingerprint density at radius 3 is 3.12 bits per heavy atom. The third kappa shape index (κ3) is 2.90. The smallest absolute Gasteiger partial charge is 0.158 e. The number of aryl methyl sites for hydroxylation is 1. The zero-order chi connectivity index (χ0) is 16.5. The number of thiazole rings is 1. The number of benzene rings is 1. The molecule has 1 aromatic heterocycles. The van der Waals surface area contributed by atoms with Crippen LogP contribution in [0.2, 0.25) is 0 Å². The van der Waals surface area contributed by atoms with Crippen molar-refractivity contribution in [2.24, 2.45) is 4.99 Å². The first-order valence-corrected chi connectivity index (χ1v) is 9.08. The Balaban J connectivity index is 1.75. The van der Waals surface area contributed by atoms with E-state index in [2.05, 4.69) is 15.5 Å². The van der Waals surface area contributed by atoms with E-state index >= 15 is 0 Å². The lowest BCUT2D eigenvalue weighted by molar-refractivity contribution is 0.223. The Hall–Kier alpha value is -1.96. The Morgan fingerprint density at radius 1 is 1.38 bits per heavy atom. The van der Waals surface area contributed by atoms with Crippen molar-refractivity contribution in [3.05, 3.63) is 35.0 Å². The number of nitrogens with zero attached hydrogens (tertiary/aromatic N) is 3. The molecule has 1 unspecified atom stereocenters. The molecule has 4 rings (SSSR count). The van der Waals surface area contributed by atoms with Gasteiger partial charge in [0.05, 0.1) is 16.4 Å². The maximum atomic E-state index is 9.24. The van der Waals surface area contributed by atoms with Crippen LogP contribution in [0.1, 0.15) is 17.1 Å². The van der Waals surface area contributed by atoms with Gasteiger partial charge in [-0.15, -0.1) is 11.3 Å². The summed E-state index contributed by atoms with van der Waals surface area (Å²) in [6, 6.07) is 8.38. The van der Waals surface area contributed by atoms with Crippen LogP contribution < -0.4 is 10.6 Å². The van der Waals surface area contributed by atoms with E-state index < -0.39 is 0 Å². The Labute approximate surface area is 145 Å². The summed E-state index contributed by atoms with van der Waals surface area (Å²) in [5.74, 6) is 0.927. The van der Waals surface area contributed by atoms with Gasteiger partial charge in [-0.3, -0.25) is 0 Å². The number of hydrogen-bond acceptors (Lipinski definition) is 7. The van der Waals surface area contributed by atoms with Gasteiger partial charge in [0, 0.05) is 32.3 Å². The van der Waals surface area contributed by atoms with Gasteiger partial charge < -0.3 is 20.6 Å². The second-order valence-electron chi connectivity index (χ2n) is 6.10. The number of aliphatic hydroxyl groups excluding tert-OH is 1. The lowest BCUT2D eigenvalue weighted by atomic mass is 10.1. The first-order valence-electron chi connectivity index (χ1n) is 8.26. The summed E-state index contributed by atoms with van der Waals surface area (Å²) < 4.78 is 0. The normalized spacial score (nSPS) is 19.8. The van der Waals surface area contributed by atoms with E-state index in [-0.39, 0.29) is 12.6 Å². The fraction of sp³-hybridized carbons (Fsp3) is 0.412. The molecule has 3 N–H and O–H groups in total. The van der Waals surface area contributed by atoms with E-state index in [0.717, 1.165) is 59.0 Å². The zero-order valence-corrected chi connectivity index (χ0v) is 14.4. The van der Waals surface area contributed by atoms with Crippen LogP contribution in [0.4, 0.5) is 16.4 Å². The predicted octanol–water partition coefficient (Wildman–Crippen LogP) is 2.24. The highest BCUT2D eigenvalue weighted by Gasteiger charge is 2.28. The molecule has 3 heterocycles. The maximum absolute atomic E-state index is 9.24. The highest BCUT2D eigenvalue weighted by Crippen LogP contribution is 2.37. The van der Waals surface area contributed by atoms with E-state index in [1.54, 1.807) is 11.3 Å². The van der Waals surface area contributed by atoms with Crippen LogP contribution >= 0.6 is 11.3 Å². The number of para-hydroxylation sites is 2. The lowest BCUT2D eigenvalue weighted by Gasteiger charge is -2.35. The van der Waals surface area contributed by atoms with Crippen molar-refractivity contribution in [3.8, 4) is 0 Å². The molecule has 1 atom stereocenters. The molecule has 2 aliphatic rings. The molecule has 1 fully saturated rings. The minimum absolute atomic E-state index is 0.198. The zero-order valence-electron chi connectivity index (χ0n) is 13.6. The Kier molecular flexibility index (Phi) is 4.22. The van der Waals surface area contributed by atoms with Crippen LogP contribution in [0, 0.1) is 6.92 Å². The van der Waals surface area contributed by atoms with Crippen LogP contribution in [0.25, 0.3) is 0 Å². The van der Waals surface area contributed by atoms with Crippen LogP contribution in [0.3, 0.4) is 0 Å². The Bertz CT molecular complexity index is 770. The molecule has 24 heavy (non-hydrogen) atoms. The van der Waals surface area contributed by atoms with Gasteiger partial charge in [0.25, 0.3) is 0 Å². The molecule has 126 valence electrons. The molecule has 2 aliphatic heterocycles. The molecular formula is C17H21N5OS. The number of nitrogens with one attached hydrogen (secondary N) is 2. The fourth-order valence-corrected chi connectivity index (χ4v) is 4.04. The monoisotopic (exact) mass is 343 g/mol. The van der Waals surface area contributed by atoms with Crippen molar-refractivity contribution < 1.29 is 5.11 Å². The average Bonchev–Trinajstić information content (AvgIpc) is 2.87. The van der Waals surface area contributed by atoms with E-state index in [1.165, 1.54) is 0 Å². The number of aliphatic hydroxyl groups is 1. The number of fused-ring (bicyclic) bond motifs is 2. The SMILES string of the molecule is Cc1nc2c(s1)Nc1ccccc1N=C2N1CCNC(CCO)C1. The summed E-state index contributed by atoms with van der Waals surface area (Å²) in [5.41, 5.74) is 2.88. The molecule has 0 bridgehead atoms. The fourth-order valence-electron chi connectivity index (χ4n) is 3.22. The molecule has 1 saturated heterocycles. The number of aliphatic imine (C=N–C) groups is 1. The van der Waals surface area contributed by atoms with Gasteiger partial charge in [-0.2, -0.15) is 0 Å². The van der Waals surface area contributed by atoms with Gasteiger partial charge in [0.2, 0.25) is 0 Å². The molecule has 0 amide bonds. The number of piperazine rings is 1. The Morgan fingerprint density at radius 2 is 2.25 bits per heavy atom. The van der Waals surface area contributed by atoms with Crippen molar-refractivity contribution in [1.82, 2.24) is 15.2 Å². The molecule has 0 radical (unpaired) electrons. The average molecular weight is 343 g/mol. The minimum atomic E-state index is 0.198. The number of rotatable bonds is 2. The van der Waals surface area contributed by atoms with Gasteiger partial charge >= 0.3 is 0 Å². The van der Waals surface area contributed by atoms with E-state index in [1.807, 2.05) is 31.2 Å². The summed E-state index contributed by atoms with van der Waals surface area (Å²) in [4.78, 5) is 12.0. The van der Waals surface area contributed by atoms with E-state index in [4.69, 9.17) is 9.98 Å². The van der Waals surface area contributed by atoms with Gasteiger partial charge in [-0.1, -0.05) is 12.1 Å². The molecule has 6 nitrogen and oxygen atoms in total. The number of aromatic nitrogens is 1. The second kappa shape index (κ2) is 6.51. The molecular weight excluding hydrogens is 322 g/mol. The van der Waals surface area contributed by atoms with Crippen LogP contribution in [-0.4, -0.2) is 53.1 Å². The third-order valence-corrected chi connectivity index (χ3v) is 5.24. The third-order valence-electron chi connectivity index (χ3n) is 4.36. The van der Waals surface area contributed by atoms with E-state index in [9.17, 15) is 5.11 Å². The highest BCUT2D eigenvalue weighted by molar-refractivity contribution is 7.16. The van der Waals surface area contributed by atoms with Crippen LogP contribution in [-0.2, 0) is 0 Å².